The summed E-state index contributed by atoms with van der Waals surface area (Å²) >= 11 is 0. The van der Waals surface area contributed by atoms with Crippen LogP contribution in [0.25, 0.3) is 0 Å². The molecule has 0 radical (unpaired) electrons. The van der Waals surface area contributed by atoms with Crippen LogP contribution in [0, 0.1) is 5.41 Å². The third-order valence-electron chi connectivity index (χ3n) is 2.85. The fraction of sp³-hybridized carbons (Fsp3) is 0.500. The molecule has 0 fully saturated rings. The first-order chi connectivity index (χ1) is 8.48. The normalized spacial score (nSPS) is 11.1. The lowest BCUT2D eigenvalue weighted by Crippen LogP contribution is -2.34. The lowest BCUT2D eigenvalue weighted by Gasteiger charge is -2.23. The average Bonchev–Trinajstić information content (AvgIpc) is 2.36. The minimum absolute atomic E-state index is 0.108. The molecule has 0 spiro atoms. The number of carbonyl (C=O) groups excluding carboxylic acids is 1. The SMILES string of the molecule is COc1cccc(C(=O)NCC(C)(C)CCO)c1. The Balaban J connectivity index is 2.60. The second kappa shape index (κ2) is 6.40. The van der Waals surface area contributed by atoms with Crippen molar-refractivity contribution in [2.24, 2.45) is 5.41 Å². The Bertz CT molecular complexity index is 402. The lowest BCUT2D eigenvalue weighted by atomic mass is 9.89. The third-order valence-corrected chi connectivity index (χ3v) is 2.85. The van der Waals surface area contributed by atoms with Crippen LogP contribution in [-0.2, 0) is 0 Å². The van der Waals surface area contributed by atoms with Gasteiger partial charge in [0.15, 0.2) is 0 Å². The molecule has 1 amide bonds. The molecule has 0 aliphatic rings. The van der Waals surface area contributed by atoms with Crippen LogP contribution in [0.3, 0.4) is 0 Å². The van der Waals surface area contributed by atoms with E-state index in [1.54, 1.807) is 31.4 Å². The summed E-state index contributed by atoms with van der Waals surface area (Å²) in [5.41, 5.74) is 0.470. The van der Waals surface area contributed by atoms with E-state index >= 15 is 0 Å². The number of amides is 1. The maximum absolute atomic E-state index is 11.9. The van der Waals surface area contributed by atoms with Crippen LogP contribution in [0.2, 0.25) is 0 Å². The molecular weight excluding hydrogens is 230 g/mol. The smallest absolute Gasteiger partial charge is 0.251 e. The number of hydrogen-bond donors (Lipinski definition) is 2. The topological polar surface area (TPSA) is 58.6 Å². The quantitative estimate of drug-likeness (QED) is 0.811. The van der Waals surface area contributed by atoms with Gasteiger partial charge in [0, 0.05) is 18.7 Å². The molecule has 0 saturated carbocycles. The van der Waals surface area contributed by atoms with Gasteiger partial charge in [0.1, 0.15) is 5.75 Å². The molecule has 0 atom stereocenters. The lowest BCUT2D eigenvalue weighted by molar-refractivity contribution is 0.0928. The molecule has 0 aliphatic carbocycles. The second-order valence-corrected chi connectivity index (χ2v) is 5.05. The molecule has 0 unspecified atom stereocenters. The zero-order valence-electron chi connectivity index (χ0n) is 11.2. The summed E-state index contributed by atoms with van der Waals surface area (Å²) < 4.78 is 5.08. The number of hydrogen-bond acceptors (Lipinski definition) is 3. The fourth-order valence-electron chi connectivity index (χ4n) is 1.58. The van der Waals surface area contributed by atoms with E-state index in [4.69, 9.17) is 9.84 Å². The first kappa shape index (κ1) is 14.5. The van der Waals surface area contributed by atoms with Crippen molar-refractivity contribution in [3.05, 3.63) is 29.8 Å². The molecule has 4 heteroatoms. The zero-order valence-corrected chi connectivity index (χ0v) is 11.2. The van der Waals surface area contributed by atoms with Crippen molar-refractivity contribution in [1.29, 1.82) is 0 Å². The number of methoxy groups -OCH3 is 1. The zero-order chi connectivity index (χ0) is 13.6. The number of carbonyl (C=O) groups is 1. The first-order valence-corrected chi connectivity index (χ1v) is 6.01. The van der Waals surface area contributed by atoms with Crippen molar-refractivity contribution in [3.63, 3.8) is 0 Å². The van der Waals surface area contributed by atoms with Crippen LogP contribution in [0.4, 0.5) is 0 Å². The predicted octanol–water partition coefficient (Wildman–Crippen LogP) is 1.83. The van der Waals surface area contributed by atoms with E-state index in [1.807, 2.05) is 13.8 Å². The molecular formula is C14H21NO3. The van der Waals surface area contributed by atoms with Crippen molar-refractivity contribution in [2.75, 3.05) is 20.3 Å². The van der Waals surface area contributed by atoms with Crippen molar-refractivity contribution in [1.82, 2.24) is 5.32 Å². The standard InChI is InChI=1S/C14H21NO3/c1-14(2,7-8-16)10-15-13(17)11-5-4-6-12(9-11)18-3/h4-6,9,16H,7-8,10H2,1-3H3,(H,15,17). The molecule has 18 heavy (non-hydrogen) atoms. The van der Waals surface area contributed by atoms with Gasteiger partial charge >= 0.3 is 0 Å². The Morgan fingerprint density at radius 1 is 1.44 bits per heavy atom. The van der Waals surface area contributed by atoms with Gasteiger partial charge < -0.3 is 15.2 Å². The highest BCUT2D eigenvalue weighted by molar-refractivity contribution is 5.94. The van der Waals surface area contributed by atoms with Crippen LogP contribution >= 0.6 is 0 Å². The molecule has 1 rings (SSSR count). The van der Waals surface area contributed by atoms with Crippen molar-refractivity contribution < 1.29 is 14.6 Å². The first-order valence-electron chi connectivity index (χ1n) is 6.01. The van der Waals surface area contributed by atoms with Gasteiger partial charge in [-0.05, 0) is 30.0 Å². The number of rotatable bonds is 6. The molecule has 4 nitrogen and oxygen atoms in total. The maximum Gasteiger partial charge on any atom is 0.251 e. The minimum atomic E-state index is -0.125. The summed E-state index contributed by atoms with van der Waals surface area (Å²) in [4.78, 5) is 11.9. The molecule has 0 saturated heterocycles. The number of aliphatic hydroxyl groups is 1. The Kier molecular flexibility index (Phi) is 5.16. The Labute approximate surface area is 108 Å². The van der Waals surface area contributed by atoms with Gasteiger partial charge in [-0.2, -0.15) is 0 Å². The van der Waals surface area contributed by atoms with E-state index in [9.17, 15) is 4.79 Å². The van der Waals surface area contributed by atoms with E-state index < -0.39 is 0 Å². The van der Waals surface area contributed by atoms with Gasteiger partial charge in [0.25, 0.3) is 5.91 Å². The van der Waals surface area contributed by atoms with Crippen LogP contribution in [0.5, 0.6) is 5.75 Å². The van der Waals surface area contributed by atoms with E-state index in [-0.39, 0.29) is 17.9 Å². The molecule has 0 bridgehead atoms. The summed E-state index contributed by atoms with van der Waals surface area (Å²) in [6.07, 6.45) is 0.658. The van der Waals surface area contributed by atoms with Crippen LogP contribution < -0.4 is 10.1 Å². The maximum atomic E-state index is 11.9. The van der Waals surface area contributed by atoms with E-state index in [2.05, 4.69) is 5.32 Å². The van der Waals surface area contributed by atoms with E-state index in [1.165, 1.54) is 0 Å². The fourth-order valence-corrected chi connectivity index (χ4v) is 1.58. The summed E-state index contributed by atoms with van der Waals surface area (Å²) in [5.74, 6) is 0.539. The molecule has 1 aromatic rings. The summed E-state index contributed by atoms with van der Waals surface area (Å²) in [7, 11) is 1.57. The number of nitrogens with one attached hydrogen (secondary N) is 1. The van der Waals surface area contributed by atoms with Gasteiger partial charge in [-0.25, -0.2) is 0 Å². The van der Waals surface area contributed by atoms with Gasteiger partial charge in [-0.3, -0.25) is 4.79 Å². The van der Waals surface area contributed by atoms with Crippen molar-refractivity contribution >= 4 is 5.91 Å². The monoisotopic (exact) mass is 251 g/mol. The molecule has 0 heterocycles. The number of benzene rings is 1. The highest BCUT2D eigenvalue weighted by atomic mass is 16.5. The molecule has 1 aromatic carbocycles. The van der Waals surface area contributed by atoms with Crippen LogP contribution in [0.15, 0.2) is 24.3 Å². The number of ether oxygens (including phenoxy) is 1. The highest BCUT2D eigenvalue weighted by Crippen LogP contribution is 2.18. The average molecular weight is 251 g/mol. The largest absolute Gasteiger partial charge is 0.497 e. The third kappa shape index (κ3) is 4.37. The van der Waals surface area contributed by atoms with Crippen LogP contribution in [-0.4, -0.2) is 31.3 Å². The van der Waals surface area contributed by atoms with Gasteiger partial charge in [0.2, 0.25) is 0 Å². The Morgan fingerprint density at radius 3 is 2.78 bits per heavy atom. The molecule has 100 valence electrons. The van der Waals surface area contributed by atoms with Crippen LogP contribution in [0.1, 0.15) is 30.6 Å². The van der Waals surface area contributed by atoms with Crippen molar-refractivity contribution in [3.8, 4) is 5.75 Å². The Hall–Kier alpha value is -1.55. The second-order valence-electron chi connectivity index (χ2n) is 5.05. The van der Waals surface area contributed by atoms with Gasteiger partial charge in [0.05, 0.1) is 7.11 Å². The minimum Gasteiger partial charge on any atom is -0.497 e. The van der Waals surface area contributed by atoms with Crippen molar-refractivity contribution in [2.45, 2.75) is 20.3 Å². The highest BCUT2D eigenvalue weighted by Gasteiger charge is 2.18. The molecule has 0 aliphatic heterocycles. The van der Waals surface area contributed by atoms with Gasteiger partial charge in [-0.15, -0.1) is 0 Å². The molecule has 2 N–H and O–H groups in total. The molecule has 0 aromatic heterocycles. The number of aliphatic hydroxyl groups excluding tert-OH is 1. The van der Waals surface area contributed by atoms with Gasteiger partial charge in [-0.1, -0.05) is 19.9 Å². The van der Waals surface area contributed by atoms with E-state index in [0.717, 1.165) is 0 Å². The Morgan fingerprint density at radius 2 is 2.17 bits per heavy atom. The van der Waals surface area contributed by atoms with E-state index in [0.29, 0.717) is 24.3 Å². The summed E-state index contributed by atoms with van der Waals surface area (Å²) in [6.45, 7) is 4.68. The predicted molar refractivity (Wildman–Crippen MR) is 70.8 cm³/mol. The summed E-state index contributed by atoms with van der Waals surface area (Å²) in [6, 6.07) is 7.03. The summed E-state index contributed by atoms with van der Waals surface area (Å²) in [5, 5.41) is 11.8.